The highest BCUT2D eigenvalue weighted by Crippen LogP contribution is 2.48. The highest BCUT2D eigenvalue weighted by Gasteiger charge is 2.44. The molecule has 18 heavy (non-hydrogen) atoms. The number of rotatable bonds is 3. The molecule has 1 aliphatic carbocycles. The first-order chi connectivity index (χ1) is 8.30. The van der Waals surface area contributed by atoms with E-state index in [1.54, 1.807) is 7.11 Å². The molecule has 1 aliphatic rings. The van der Waals surface area contributed by atoms with E-state index >= 15 is 0 Å². The lowest BCUT2D eigenvalue weighted by atomic mass is 9.58. The van der Waals surface area contributed by atoms with Crippen molar-refractivity contribution >= 4 is 7.12 Å². The zero-order valence-electron chi connectivity index (χ0n) is 13.9. The van der Waals surface area contributed by atoms with Crippen LogP contribution in [-0.2, 0) is 9.31 Å². The monoisotopic (exact) mass is 256 g/mol. The molecule has 0 amide bonds. The van der Waals surface area contributed by atoms with Crippen LogP contribution >= 0.6 is 0 Å². The average molecular weight is 256 g/mol. The highest BCUT2D eigenvalue weighted by molar-refractivity contribution is 6.42. The van der Waals surface area contributed by atoms with Gasteiger partial charge in [-0.1, -0.05) is 48.5 Å². The summed E-state index contributed by atoms with van der Waals surface area (Å²) in [5.41, 5.74) is 0.412. The Morgan fingerprint density at radius 1 is 1.11 bits per heavy atom. The maximum Gasteiger partial charge on any atom is 0.453 e. The molecule has 0 aromatic heterocycles. The van der Waals surface area contributed by atoms with Gasteiger partial charge < -0.3 is 9.31 Å². The van der Waals surface area contributed by atoms with Crippen LogP contribution < -0.4 is 0 Å². The summed E-state index contributed by atoms with van der Waals surface area (Å²) in [5, 5.41) is 0. The Bertz CT molecular complexity index is 231. The molecule has 0 heterocycles. The summed E-state index contributed by atoms with van der Waals surface area (Å²) >= 11 is 0. The molecule has 108 valence electrons. The largest absolute Gasteiger partial charge is 0.453 e. The first-order valence-corrected chi connectivity index (χ1v) is 7.49. The van der Waals surface area contributed by atoms with Gasteiger partial charge in [0.2, 0.25) is 0 Å². The van der Waals surface area contributed by atoms with Gasteiger partial charge in [0.25, 0.3) is 0 Å². The molecule has 3 heteroatoms. The fourth-order valence-corrected chi connectivity index (χ4v) is 2.80. The van der Waals surface area contributed by atoms with Gasteiger partial charge in [0.1, 0.15) is 0 Å². The molecule has 0 aromatic carbocycles. The minimum atomic E-state index is -0.0898. The Hall–Kier alpha value is -0.0151. The summed E-state index contributed by atoms with van der Waals surface area (Å²) in [6.07, 6.45) is 1.49. The van der Waals surface area contributed by atoms with Gasteiger partial charge >= 0.3 is 7.12 Å². The first kappa shape index (κ1) is 18.0. The normalized spacial score (nSPS) is 34.5. The van der Waals surface area contributed by atoms with E-state index in [9.17, 15) is 0 Å². The third-order valence-corrected chi connectivity index (χ3v) is 5.10. The molecule has 0 aromatic rings. The van der Waals surface area contributed by atoms with Crippen molar-refractivity contribution in [3.63, 3.8) is 0 Å². The van der Waals surface area contributed by atoms with Crippen LogP contribution in [0.1, 0.15) is 54.9 Å². The minimum Gasteiger partial charge on any atom is -0.414 e. The Morgan fingerprint density at radius 3 is 2.06 bits per heavy atom. The Kier molecular flexibility index (Phi) is 7.54. The fourth-order valence-electron chi connectivity index (χ4n) is 2.80. The SMILES string of the molecule is CC.COB(C)OC1C[C@H](C)C(C)(C)C(C)C1C. The zero-order valence-corrected chi connectivity index (χ0v) is 13.9. The summed E-state index contributed by atoms with van der Waals surface area (Å²) in [4.78, 5) is 0. The second kappa shape index (κ2) is 7.54. The van der Waals surface area contributed by atoms with Gasteiger partial charge in [0, 0.05) is 13.2 Å². The van der Waals surface area contributed by atoms with Crippen molar-refractivity contribution in [3.8, 4) is 0 Å². The predicted molar refractivity (Wildman–Crippen MR) is 80.7 cm³/mol. The quantitative estimate of drug-likeness (QED) is 0.692. The molecular formula is C15H33BO2. The van der Waals surface area contributed by atoms with E-state index in [0.29, 0.717) is 29.3 Å². The van der Waals surface area contributed by atoms with E-state index < -0.39 is 0 Å². The van der Waals surface area contributed by atoms with Crippen LogP contribution in [0, 0.1) is 23.2 Å². The molecule has 0 bridgehead atoms. The topological polar surface area (TPSA) is 18.5 Å². The Morgan fingerprint density at radius 2 is 1.61 bits per heavy atom. The lowest BCUT2D eigenvalue weighted by molar-refractivity contribution is -0.0492. The first-order valence-electron chi connectivity index (χ1n) is 7.49. The van der Waals surface area contributed by atoms with Gasteiger partial charge in [-0.2, -0.15) is 0 Å². The second-order valence-electron chi connectivity index (χ2n) is 6.08. The third-order valence-electron chi connectivity index (χ3n) is 5.10. The van der Waals surface area contributed by atoms with Crippen LogP contribution in [0.25, 0.3) is 0 Å². The summed E-state index contributed by atoms with van der Waals surface area (Å²) in [6, 6.07) is 0. The molecular weight excluding hydrogens is 223 g/mol. The van der Waals surface area contributed by atoms with E-state index in [1.165, 1.54) is 0 Å². The molecule has 0 saturated heterocycles. The van der Waals surface area contributed by atoms with Crippen molar-refractivity contribution in [1.29, 1.82) is 0 Å². The van der Waals surface area contributed by atoms with Crippen LogP contribution in [-0.4, -0.2) is 20.3 Å². The molecule has 1 rings (SSSR count). The zero-order chi connectivity index (χ0) is 14.5. The minimum absolute atomic E-state index is 0.0898. The lowest BCUT2D eigenvalue weighted by Gasteiger charge is -2.49. The molecule has 0 radical (unpaired) electrons. The number of hydrogen-bond acceptors (Lipinski definition) is 2. The average Bonchev–Trinajstić information content (AvgIpc) is 2.36. The molecule has 2 nitrogen and oxygen atoms in total. The van der Waals surface area contributed by atoms with Crippen LogP contribution in [0.15, 0.2) is 0 Å². The molecule has 0 aliphatic heterocycles. The maximum atomic E-state index is 5.96. The molecule has 1 saturated carbocycles. The Balaban J connectivity index is 0.00000137. The van der Waals surface area contributed by atoms with E-state index in [4.69, 9.17) is 9.31 Å². The van der Waals surface area contributed by atoms with Crippen molar-refractivity contribution in [3.05, 3.63) is 0 Å². The van der Waals surface area contributed by atoms with Crippen molar-refractivity contribution in [2.75, 3.05) is 7.11 Å². The molecule has 1 fully saturated rings. The number of hydrogen-bond donors (Lipinski definition) is 0. The van der Waals surface area contributed by atoms with Gasteiger partial charge in [0.05, 0.1) is 0 Å². The lowest BCUT2D eigenvalue weighted by Crippen LogP contribution is -2.47. The van der Waals surface area contributed by atoms with Gasteiger partial charge in [-0.25, -0.2) is 0 Å². The third kappa shape index (κ3) is 3.99. The second-order valence-corrected chi connectivity index (χ2v) is 6.08. The molecule has 0 N–H and O–H groups in total. The smallest absolute Gasteiger partial charge is 0.414 e. The standard InChI is InChI=1S/C13H27BO2.C2H6/c1-9-8-12(16-14(6)15-7)10(2)11(3)13(9,4)5;1-2/h9-12H,8H2,1-7H3;1-2H3/t9-,10?,11?,12?;/m0./s1. The molecule has 0 spiro atoms. The van der Waals surface area contributed by atoms with Crippen LogP contribution in [0.5, 0.6) is 0 Å². The van der Waals surface area contributed by atoms with E-state index in [2.05, 4.69) is 34.6 Å². The van der Waals surface area contributed by atoms with Gasteiger partial charge in [-0.05, 0) is 36.4 Å². The Labute approximate surface area is 115 Å². The predicted octanol–water partition coefficient (Wildman–Crippen LogP) is 4.50. The van der Waals surface area contributed by atoms with Crippen molar-refractivity contribution < 1.29 is 9.31 Å². The van der Waals surface area contributed by atoms with Crippen LogP contribution in [0.3, 0.4) is 0 Å². The van der Waals surface area contributed by atoms with E-state index in [0.717, 1.165) is 6.42 Å². The van der Waals surface area contributed by atoms with Gasteiger partial charge in [-0.3, -0.25) is 0 Å². The van der Waals surface area contributed by atoms with E-state index in [-0.39, 0.29) is 7.12 Å². The van der Waals surface area contributed by atoms with Crippen molar-refractivity contribution in [2.24, 2.45) is 23.2 Å². The van der Waals surface area contributed by atoms with Crippen LogP contribution in [0.2, 0.25) is 6.82 Å². The summed E-state index contributed by atoms with van der Waals surface area (Å²) < 4.78 is 11.2. The fraction of sp³-hybridized carbons (Fsp3) is 1.00. The van der Waals surface area contributed by atoms with Gasteiger partial charge in [-0.15, -0.1) is 0 Å². The van der Waals surface area contributed by atoms with Crippen molar-refractivity contribution in [2.45, 2.75) is 67.8 Å². The summed E-state index contributed by atoms with van der Waals surface area (Å²) in [7, 11) is 1.61. The molecule has 4 atom stereocenters. The van der Waals surface area contributed by atoms with Crippen molar-refractivity contribution in [1.82, 2.24) is 0 Å². The molecule has 3 unspecified atom stereocenters. The highest BCUT2D eigenvalue weighted by atomic mass is 16.6. The summed E-state index contributed by atoms with van der Waals surface area (Å²) in [6.45, 7) is 17.8. The summed E-state index contributed by atoms with van der Waals surface area (Å²) in [5.74, 6) is 1.99. The maximum absolute atomic E-state index is 5.96. The van der Waals surface area contributed by atoms with Gasteiger partial charge in [0.15, 0.2) is 0 Å². The van der Waals surface area contributed by atoms with Crippen LogP contribution in [0.4, 0.5) is 0 Å². The van der Waals surface area contributed by atoms with E-state index in [1.807, 2.05) is 20.7 Å².